The average Bonchev–Trinajstić information content (AvgIpc) is 3.54. The Bertz CT molecular complexity index is 1360. The summed E-state index contributed by atoms with van der Waals surface area (Å²) in [7, 11) is 0. The van der Waals surface area contributed by atoms with Crippen molar-refractivity contribution in [3.8, 4) is 0 Å². The number of aliphatic imine (C=N–C) groups is 1. The van der Waals surface area contributed by atoms with Gasteiger partial charge in [0.15, 0.2) is 0 Å². The summed E-state index contributed by atoms with van der Waals surface area (Å²) < 4.78 is 1.93. The normalized spacial score (nSPS) is 18.3. The molecule has 0 bridgehead atoms. The Morgan fingerprint density at radius 2 is 2.00 bits per heavy atom. The number of carbonyl (C=O) groups is 1. The second-order valence-corrected chi connectivity index (χ2v) is 8.54. The van der Waals surface area contributed by atoms with Gasteiger partial charge in [-0.3, -0.25) is 19.9 Å². The van der Waals surface area contributed by atoms with Crippen molar-refractivity contribution in [2.24, 2.45) is 4.99 Å². The fraction of sp³-hybridized carbons (Fsp3) is 0.292. The average molecular weight is 446 g/mol. The summed E-state index contributed by atoms with van der Waals surface area (Å²) in [5.74, 6) is -1.20. The molecule has 5 rings (SSSR count). The zero-order valence-electron chi connectivity index (χ0n) is 17.8. The van der Waals surface area contributed by atoms with Gasteiger partial charge in [-0.15, -0.1) is 0 Å². The third kappa shape index (κ3) is 4.09. The smallest absolute Gasteiger partial charge is 0.341 e. The third-order valence-corrected chi connectivity index (χ3v) is 6.23. The highest BCUT2D eigenvalue weighted by Crippen LogP contribution is 2.38. The van der Waals surface area contributed by atoms with Gasteiger partial charge < -0.3 is 14.6 Å². The van der Waals surface area contributed by atoms with E-state index in [0.717, 1.165) is 37.0 Å². The van der Waals surface area contributed by atoms with Crippen molar-refractivity contribution < 1.29 is 14.8 Å². The highest BCUT2D eigenvalue weighted by molar-refractivity contribution is 5.93. The number of nitro groups is 1. The first-order chi connectivity index (χ1) is 15.9. The quantitative estimate of drug-likeness (QED) is 0.351. The fourth-order valence-electron chi connectivity index (χ4n) is 4.35. The number of nitro benzene ring substituents is 1. The van der Waals surface area contributed by atoms with Crippen LogP contribution in [0.5, 0.6) is 0 Å². The fourth-order valence-corrected chi connectivity index (χ4v) is 4.35. The number of fused-ring (bicyclic) bond motifs is 1. The van der Waals surface area contributed by atoms with Crippen LogP contribution in [0.1, 0.15) is 41.2 Å². The predicted molar refractivity (Wildman–Crippen MR) is 125 cm³/mol. The molecule has 1 aliphatic heterocycles. The molecule has 0 radical (unpaired) electrons. The standard InChI is InChI=1S/C24H22N4O5/c29-23-20-7-6-18(11-22(20)27(17-4-5-17)14-21(23)24(30)31)26-9-8-16(13-26)25-12-15-2-1-3-19(10-15)28(32)33/h1-3,6-7,10-12,14,16-17H,4-5,8-9,13H2,(H,30,31). The number of rotatable bonds is 6. The van der Waals surface area contributed by atoms with Crippen LogP contribution in [0.4, 0.5) is 11.4 Å². The maximum atomic E-state index is 12.7. The summed E-state index contributed by atoms with van der Waals surface area (Å²) in [5, 5.41) is 20.8. The first kappa shape index (κ1) is 20.9. The van der Waals surface area contributed by atoms with E-state index in [0.29, 0.717) is 17.5 Å². The molecule has 1 aliphatic carbocycles. The van der Waals surface area contributed by atoms with Gasteiger partial charge in [-0.25, -0.2) is 4.79 Å². The number of aromatic carboxylic acids is 1. The van der Waals surface area contributed by atoms with Crippen molar-refractivity contribution in [1.29, 1.82) is 0 Å². The van der Waals surface area contributed by atoms with Gasteiger partial charge in [-0.05, 0) is 43.0 Å². The molecular formula is C24H22N4O5. The zero-order valence-corrected chi connectivity index (χ0v) is 17.8. The van der Waals surface area contributed by atoms with Gasteiger partial charge in [0.05, 0.1) is 16.5 Å². The van der Waals surface area contributed by atoms with E-state index < -0.39 is 16.3 Å². The van der Waals surface area contributed by atoms with E-state index in [4.69, 9.17) is 0 Å². The molecule has 2 aliphatic rings. The first-order valence-corrected chi connectivity index (χ1v) is 10.9. The molecule has 2 heterocycles. The molecule has 2 fully saturated rings. The number of hydrogen-bond acceptors (Lipinski definition) is 6. The summed E-state index contributed by atoms with van der Waals surface area (Å²) in [6.07, 6.45) is 5.94. The molecular weight excluding hydrogens is 424 g/mol. The maximum Gasteiger partial charge on any atom is 0.341 e. The van der Waals surface area contributed by atoms with Gasteiger partial charge >= 0.3 is 5.97 Å². The van der Waals surface area contributed by atoms with Crippen molar-refractivity contribution >= 4 is 34.5 Å². The van der Waals surface area contributed by atoms with Crippen molar-refractivity contribution in [1.82, 2.24) is 4.57 Å². The van der Waals surface area contributed by atoms with Crippen LogP contribution in [0.3, 0.4) is 0 Å². The van der Waals surface area contributed by atoms with Crippen molar-refractivity contribution in [3.05, 3.63) is 80.1 Å². The highest BCUT2D eigenvalue weighted by Gasteiger charge is 2.28. The minimum absolute atomic E-state index is 0.0379. The highest BCUT2D eigenvalue weighted by atomic mass is 16.6. The molecule has 1 atom stereocenters. The SMILES string of the molecule is O=C(O)c1cn(C2CC2)c2cc(N3CCC(N=Cc4cccc([N+](=O)[O-])c4)C3)ccc2c1=O. The maximum absolute atomic E-state index is 12.7. The van der Waals surface area contributed by atoms with E-state index in [1.165, 1.54) is 18.3 Å². The summed E-state index contributed by atoms with van der Waals surface area (Å²) in [6.45, 7) is 1.49. The molecule has 1 N–H and O–H groups in total. The third-order valence-electron chi connectivity index (χ3n) is 6.23. The number of aromatic nitrogens is 1. The molecule has 1 unspecified atom stereocenters. The Balaban J connectivity index is 1.39. The number of benzene rings is 2. The minimum atomic E-state index is -1.20. The Labute approximate surface area is 188 Å². The number of hydrogen-bond donors (Lipinski definition) is 1. The minimum Gasteiger partial charge on any atom is -0.477 e. The second-order valence-electron chi connectivity index (χ2n) is 8.54. The van der Waals surface area contributed by atoms with Crippen LogP contribution in [0, 0.1) is 10.1 Å². The Morgan fingerprint density at radius 3 is 2.73 bits per heavy atom. The topological polar surface area (TPSA) is 118 Å². The van der Waals surface area contributed by atoms with E-state index in [2.05, 4.69) is 9.89 Å². The summed E-state index contributed by atoms with van der Waals surface area (Å²) in [6, 6.07) is 12.2. The van der Waals surface area contributed by atoms with Gasteiger partial charge in [0.25, 0.3) is 5.69 Å². The van der Waals surface area contributed by atoms with Crippen LogP contribution in [0.2, 0.25) is 0 Å². The molecule has 1 aromatic heterocycles. The van der Waals surface area contributed by atoms with Crippen LogP contribution < -0.4 is 10.3 Å². The molecule has 1 saturated carbocycles. The van der Waals surface area contributed by atoms with Gasteiger partial charge in [0.2, 0.25) is 5.43 Å². The van der Waals surface area contributed by atoms with E-state index in [1.54, 1.807) is 24.4 Å². The van der Waals surface area contributed by atoms with E-state index in [-0.39, 0.29) is 23.3 Å². The lowest BCUT2D eigenvalue weighted by atomic mass is 10.1. The number of non-ortho nitro benzene ring substituents is 1. The molecule has 0 amide bonds. The number of carboxylic acids is 1. The van der Waals surface area contributed by atoms with Gasteiger partial charge in [0.1, 0.15) is 5.56 Å². The van der Waals surface area contributed by atoms with Gasteiger partial charge in [0, 0.05) is 54.7 Å². The number of anilines is 1. The monoisotopic (exact) mass is 446 g/mol. The molecule has 168 valence electrons. The molecule has 33 heavy (non-hydrogen) atoms. The van der Waals surface area contributed by atoms with Crippen LogP contribution in [0.15, 0.2) is 58.4 Å². The van der Waals surface area contributed by atoms with E-state index in [9.17, 15) is 24.8 Å². The van der Waals surface area contributed by atoms with Crippen LogP contribution in [-0.2, 0) is 0 Å². The summed E-state index contributed by atoms with van der Waals surface area (Å²) in [4.78, 5) is 41.5. The second kappa shape index (κ2) is 8.16. The number of carboxylic acid groups (broad SMARTS) is 1. The van der Waals surface area contributed by atoms with Gasteiger partial charge in [-0.2, -0.15) is 0 Å². The number of nitrogens with zero attached hydrogens (tertiary/aromatic N) is 4. The predicted octanol–water partition coefficient (Wildman–Crippen LogP) is 3.64. The largest absolute Gasteiger partial charge is 0.477 e. The van der Waals surface area contributed by atoms with Crippen molar-refractivity contribution in [3.63, 3.8) is 0 Å². The van der Waals surface area contributed by atoms with Crippen LogP contribution >= 0.6 is 0 Å². The first-order valence-electron chi connectivity index (χ1n) is 10.9. The lowest BCUT2D eigenvalue weighted by Gasteiger charge is -2.20. The van der Waals surface area contributed by atoms with Crippen molar-refractivity contribution in [2.45, 2.75) is 31.3 Å². The van der Waals surface area contributed by atoms with E-state index >= 15 is 0 Å². The Hall–Kier alpha value is -4.01. The number of pyridine rings is 1. The molecule has 3 aromatic rings. The molecule has 9 heteroatoms. The lowest BCUT2D eigenvalue weighted by molar-refractivity contribution is -0.384. The molecule has 1 saturated heterocycles. The van der Waals surface area contributed by atoms with Crippen molar-refractivity contribution in [2.75, 3.05) is 18.0 Å². The Morgan fingerprint density at radius 1 is 1.18 bits per heavy atom. The molecule has 2 aromatic carbocycles. The van der Waals surface area contributed by atoms with Gasteiger partial charge in [-0.1, -0.05) is 12.1 Å². The molecule has 0 spiro atoms. The zero-order chi connectivity index (χ0) is 23.1. The lowest BCUT2D eigenvalue weighted by Crippen LogP contribution is -2.22. The Kier molecular flexibility index (Phi) is 5.16. The van der Waals surface area contributed by atoms with E-state index in [1.807, 2.05) is 16.7 Å². The van der Waals surface area contributed by atoms with Crippen LogP contribution in [0.25, 0.3) is 10.9 Å². The molecule has 9 nitrogen and oxygen atoms in total. The summed E-state index contributed by atoms with van der Waals surface area (Å²) >= 11 is 0. The summed E-state index contributed by atoms with van der Waals surface area (Å²) in [5.41, 5.74) is 1.80. The van der Waals surface area contributed by atoms with Crippen LogP contribution in [-0.4, -0.2) is 45.9 Å².